The van der Waals surface area contributed by atoms with Crippen molar-refractivity contribution >= 4 is 5.97 Å². The summed E-state index contributed by atoms with van der Waals surface area (Å²) < 4.78 is 5.63. The number of aliphatic carboxylic acids is 1. The van der Waals surface area contributed by atoms with Crippen LogP contribution in [-0.4, -0.2) is 35.9 Å². The number of carboxylic acid groups (broad SMARTS) is 1. The van der Waals surface area contributed by atoms with Crippen molar-refractivity contribution in [3.8, 4) is 0 Å². The van der Waals surface area contributed by atoms with Crippen molar-refractivity contribution in [1.29, 1.82) is 0 Å². The maximum Gasteiger partial charge on any atom is 0.337 e. The van der Waals surface area contributed by atoms with Gasteiger partial charge in [-0.2, -0.15) is 0 Å². The molecule has 2 rings (SSSR count). The minimum absolute atomic E-state index is 0.191. The smallest absolute Gasteiger partial charge is 0.337 e. The molecule has 2 aliphatic rings. The fourth-order valence-corrected chi connectivity index (χ4v) is 1.81. The molecule has 74 valence electrons. The number of rotatable bonds is 3. The third-order valence-electron chi connectivity index (χ3n) is 2.95. The molecule has 4 nitrogen and oxygen atoms in total. The minimum Gasteiger partial charge on any atom is -0.479 e. The van der Waals surface area contributed by atoms with E-state index in [-0.39, 0.29) is 6.10 Å². The Morgan fingerprint density at radius 2 is 2.31 bits per heavy atom. The van der Waals surface area contributed by atoms with Crippen molar-refractivity contribution in [3.63, 3.8) is 0 Å². The Morgan fingerprint density at radius 3 is 2.69 bits per heavy atom. The standard InChI is InChI=1S/C9H15NO3/c11-8(12)9(4-5-10-6-9)13-7-2-1-3-7/h7,10H,1-6H2,(H,11,12). The summed E-state index contributed by atoms with van der Waals surface area (Å²) in [6, 6.07) is 0. The first-order chi connectivity index (χ1) is 6.23. The molecule has 1 aliphatic heterocycles. The van der Waals surface area contributed by atoms with Crippen molar-refractivity contribution in [2.45, 2.75) is 37.4 Å². The Hall–Kier alpha value is -0.610. The molecule has 0 aromatic carbocycles. The van der Waals surface area contributed by atoms with Gasteiger partial charge in [-0.25, -0.2) is 4.79 Å². The van der Waals surface area contributed by atoms with Crippen LogP contribution in [-0.2, 0) is 9.53 Å². The summed E-state index contributed by atoms with van der Waals surface area (Å²) in [6.07, 6.45) is 4.01. The Morgan fingerprint density at radius 1 is 1.54 bits per heavy atom. The van der Waals surface area contributed by atoms with Crippen LogP contribution in [0.4, 0.5) is 0 Å². The van der Waals surface area contributed by atoms with E-state index in [0.717, 1.165) is 19.4 Å². The van der Waals surface area contributed by atoms with E-state index < -0.39 is 11.6 Å². The molecule has 13 heavy (non-hydrogen) atoms. The molecule has 0 radical (unpaired) electrons. The SMILES string of the molecule is O=C(O)C1(OC2CCC2)CCNC1. The molecule has 1 atom stereocenters. The molecule has 4 heteroatoms. The first-order valence-corrected chi connectivity index (χ1v) is 4.85. The van der Waals surface area contributed by atoms with Gasteiger partial charge < -0.3 is 15.2 Å². The normalized spacial score (nSPS) is 34.5. The summed E-state index contributed by atoms with van der Waals surface area (Å²) >= 11 is 0. The summed E-state index contributed by atoms with van der Waals surface area (Å²) in [7, 11) is 0. The van der Waals surface area contributed by atoms with Gasteiger partial charge in [0.2, 0.25) is 0 Å². The average Bonchev–Trinajstić information content (AvgIpc) is 2.46. The maximum absolute atomic E-state index is 11.0. The molecule has 0 aromatic heterocycles. The fourth-order valence-electron chi connectivity index (χ4n) is 1.81. The highest BCUT2D eigenvalue weighted by atomic mass is 16.5. The molecular formula is C9H15NO3. The second-order valence-corrected chi connectivity index (χ2v) is 3.90. The van der Waals surface area contributed by atoms with Crippen LogP contribution in [0.3, 0.4) is 0 Å². The first-order valence-electron chi connectivity index (χ1n) is 4.85. The lowest BCUT2D eigenvalue weighted by Gasteiger charge is -2.34. The van der Waals surface area contributed by atoms with Gasteiger partial charge in [-0.1, -0.05) is 0 Å². The van der Waals surface area contributed by atoms with Crippen molar-refractivity contribution in [3.05, 3.63) is 0 Å². The summed E-state index contributed by atoms with van der Waals surface area (Å²) in [5, 5.41) is 12.1. The van der Waals surface area contributed by atoms with Gasteiger partial charge in [0, 0.05) is 13.0 Å². The van der Waals surface area contributed by atoms with Crippen LogP contribution in [0.1, 0.15) is 25.7 Å². The molecule has 0 bridgehead atoms. The van der Waals surface area contributed by atoms with E-state index >= 15 is 0 Å². The van der Waals surface area contributed by atoms with E-state index in [4.69, 9.17) is 9.84 Å². The van der Waals surface area contributed by atoms with E-state index in [0.29, 0.717) is 13.0 Å². The number of ether oxygens (including phenoxy) is 1. The number of nitrogens with one attached hydrogen (secondary N) is 1. The zero-order valence-corrected chi connectivity index (χ0v) is 7.58. The predicted molar refractivity (Wildman–Crippen MR) is 46.6 cm³/mol. The monoisotopic (exact) mass is 185 g/mol. The topological polar surface area (TPSA) is 58.6 Å². The summed E-state index contributed by atoms with van der Waals surface area (Å²) in [4.78, 5) is 11.0. The highest BCUT2D eigenvalue weighted by molar-refractivity contribution is 5.78. The molecule has 1 unspecified atom stereocenters. The van der Waals surface area contributed by atoms with Crippen LogP contribution in [0, 0.1) is 0 Å². The van der Waals surface area contributed by atoms with E-state index in [2.05, 4.69) is 5.32 Å². The van der Waals surface area contributed by atoms with Gasteiger partial charge >= 0.3 is 5.97 Å². The van der Waals surface area contributed by atoms with Crippen LogP contribution < -0.4 is 5.32 Å². The molecule has 1 saturated carbocycles. The Labute approximate surface area is 77.3 Å². The second-order valence-electron chi connectivity index (χ2n) is 3.90. The second kappa shape index (κ2) is 3.27. The maximum atomic E-state index is 11.0. The lowest BCUT2D eigenvalue weighted by atomic mass is 9.94. The van der Waals surface area contributed by atoms with E-state index in [1.807, 2.05) is 0 Å². The zero-order chi connectivity index (χ0) is 9.31. The van der Waals surface area contributed by atoms with Crippen molar-refractivity contribution in [2.24, 2.45) is 0 Å². The van der Waals surface area contributed by atoms with Gasteiger partial charge in [-0.15, -0.1) is 0 Å². The number of hydrogen-bond acceptors (Lipinski definition) is 3. The number of carboxylic acids is 1. The lowest BCUT2D eigenvalue weighted by Crippen LogP contribution is -2.47. The minimum atomic E-state index is -0.926. The summed E-state index contributed by atoms with van der Waals surface area (Å²) in [6.45, 7) is 1.21. The fraction of sp³-hybridized carbons (Fsp3) is 0.889. The largest absolute Gasteiger partial charge is 0.479 e. The van der Waals surface area contributed by atoms with E-state index in [1.54, 1.807) is 0 Å². The van der Waals surface area contributed by atoms with Crippen molar-refractivity contribution in [1.82, 2.24) is 5.32 Å². The molecule has 0 spiro atoms. The van der Waals surface area contributed by atoms with Crippen molar-refractivity contribution in [2.75, 3.05) is 13.1 Å². The third-order valence-corrected chi connectivity index (χ3v) is 2.95. The van der Waals surface area contributed by atoms with Crippen LogP contribution in [0.2, 0.25) is 0 Å². The quantitative estimate of drug-likeness (QED) is 0.667. The van der Waals surface area contributed by atoms with E-state index in [9.17, 15) is 4.79 Å². The molecule has 2 N–H and O–H groups in total. The molecule has 1 saturated heterocycles. The average molecular weight is 185 g/mol. The van der Waals surface area contributed by atoms with Gasteiger partial charge in [0.1, 0.15) is 0 Å². The Kier molecular flexibility index (Phi) is 2.26. The molecule has 1 aliphatic carbocycles. The first kappa shape index (κ1) is 8.97. The van der Waals surface area contributed by atoms with Gasteiger partial charge in [-0.3, -0.25) is 0 Å². The third kappa shape index (κ3) is 1.56. The highest BCUT2D eigenvalue weighted by Gasteiger charge is 2.45. The predicted octanol–water partition coefficient (Wildman–Crippen LogP) is 0.372. The molecule has 0 aromatic rings. The Balaban J connectivity index is 1.99. The van der Waals surface area contributed by atoms with Gasteiger partial charge in [0.25, 0.3) is 0 Å². The van der Waals surface area contributed by atoms with E-state index in [1.165, 1.54) is 6.42 Å². The highest BCUT2D eigenvalue weighted by Crippen LogP contribution is 2.30. The van der Waals surface area contributed by atoms with Gasteiger partial charge in [0.15, 0.2) is 5.60 Å². The summed E-state index contributed by atoms with van der Waals surface area (Å²) in [5.41, 5.74) is -0.926. The Bertz CT molecular complexity index is 207. The van der Waals surface area contributed by atoms with Crippen LogP contribution in [0.25, 0.3) is 0 Å². The van der Waals surface area contributed by atoms with Gasteiger partial charge in [0.05, 0.1) is 6.10 Å². The molecule has 2 fully saturated rings. The lowest BCUT2D eigenvalue weighted by molar-refractivity contribution is -0.176. The molecular weight excluding hydrogens is 170 g/mol. The van der Waals surface area contributed by atoms with Crippen LogP contribution in [0.15, 0.2) is 0 Å². The number of carbonyl (C=O) groups is 1. The van der Waals surface area contributed by atoms with Crippen molar-refractivity contribution < 1.29 is 14.6 Å². The van der Waals surface area contributed by atoms with Crippen LogP contribution >= 0.6 is 0 Å². The number of hydrogen-bond donors (Lipinski definition) is 2. The van der Waals surface area contributed by atoms with Crippen LogP contribution in [0.5, 0.6) is 0 Å². The molecule has 1 heterocycles. The van der Waals surface area contributed by atoms with Gasteiger partial charge in [-0.05, 0) is 25.8 Å². The zero-order valence-electron chi connectivity index (χ0n) is 7.58. The molecule has 0 amide bonds. The summed E-state index contributed by atoms with van der Waals surface area (Å²) in [5.74, 6) is -0.815.